The molecular formula is C22H27N3O4S2. The summed E-state index contributed by atoms with van der Waals surface area (Å²) in [7, 11) is -3.64. The molecule has 2 aromatic rings. The second kappa shape index (κ2) is 9.20. The minimum Gasteiger partial charge on any atom is -0.339 e. The van der Waals surface area contributed by atoms with Gasteiger partial charge in [0, 0.05) is 42.7 Å². The standard InChI is InChI=1S/C22H27N3O4S2/c1-17(26)18-6-8-19(9-7-18)31(28,29)25-13-11-23(12-14-25)22(27)16-24-10-2-4-20(24)21-5-3-15-30-21/h3,5-9,15,20H,2,4,10-14,16H2,1H3/t20-/m0/s1. The van der Waals surface area contributed by atoms with Crippen molar-refractivity contribution in [1.29, 1.82) is 0 Å². The maximum atomic E-state index is 12.9. The van der Waals surface area contributed by atoms with Crippen LogP contribution in [-0.2, 0) is 14.8 Å². The molecule has 7 nitrogen and oxygen atoms in total. The van der Waals surface area contributed by atoms with Crippen LogP contribution < -0.4 is 0 Å². The Kier molecular flexibility index (Phi) is 6.57. The van der Waals surface area contributed by atoms with Crippen LogP contribution in [0.3, 0.4) is 0 Å². The molecule has 0 N–H and O–H groups in total. The Bertz CT molecular complexity index is 1030. The molecule has 0 saturated carbocycles. The van der Waals surface area contributed by atoms with E-state index in [1.807, 2.05) is 6.07 Å². The van der Waals surface area contributed by atoms with E-state index in [4.69, 9.17) is 0 Å². The van der Waals surface area contributed by atoms with E-state index in [9.17, 15) is 18.0 Å². The van der Waals surface area contributed by atoms with Gasteiger partial charge in [-0.25, -0.2) is 8.42 Å². The van der Waals surface area contributed by atoms with Crippen LogP contribution in [-0.4, -0.2) is 73.5 Å². The summed E-state index contributed by atoms with van der Waals surface area (Å²) in [6, 6.07) is 10.5. The minimum atomic E-state index is -3.64. The zero-order chi connectivity index (χ0) is 22.0. The van der Waals surface area contributed by atoms with Gasteiger partial charge in [0.1, 0.15) is 0 Å². The van der Waals surface area contributed by atoms with Crippen LogP contribution >= 0.6 is 11.3 Å². The number of piperazine rings is 1. The van der Waals surface area contributed by atoms with Gasteiger partial charge in [-0.2, -0.15) is 4.31 Å². The van der Waals surface area contributed by atoms with Crippen LogP contribution in [0.1, 0.15) is 41.0 Å². The summed E-state index contributed by atoms with van der Waals surface area (Å²) in [5, 5.41) is 2.07. The van der Waals surface area contributed by atoms with Crippen molar-refractivity contribution in [2.24, 2.45) is 0 Å². The van der Waals surface area contributed by atoms with Crippen LogP contribution in [0.4, 0.5) is 0 Å². The molecule has 0 aliphatic carbocycles. The summed E-state index contributed by atoms with van der Waals surface area (Å²) >= 11 is 1.73. The van der Waals surface area contributed by atoms with E-state index in [0.29, 0.717) is 31.2 Å². The molecule has 1 amide bonds. The molecule has 0 bridgehead atoms. The summed E-state index contributed by atoms with van der Waals surface area (Å²) in [6.45, 7) is 4.07. The van der Waals surface area contributed by atoms with Gasteiger partial charge in [-0.3, -0.25) is 14.5 Å². The average Bonchev–Trinajstić information content (AvgIpc) is 3.45. The molecule has 1 aromatic carbocycles. The highest BCUT2D eigenvalue weighted by Crippen LogP contribution is 2.34. The normalized spacial score (nSPS) is 20.8. The molecule has 2 saturated heterocycles. The first-order valence-electron chi connectivity index (χ1n) is 10.5. The summed E-state index contributed by atoms with van der Waals surface area (Å²) in [6.07, 6.45) is 2.16. The number of amides is 1. The van der Waals surface area contributed by atoms with Crippen LogP contribution in [0.25, 0.3) is 0 Å². The van der Waals surface area contributed by atoms with Crippen LogP contribution in [0.15, 0.2) is 46.7 Å². The van der Waals surface area contributed by atoms with Gasteiger partial charge in [-0.05, 0) is 49.9 Å². The van der Waals surface area contributed by atoms with E-state index in [1.165, 1.54) is 40.4 Å². The Morgan fingerprint density at radius 2 is 1.74 bits per heavy atom. The first kappa shape index (κ1) is 22.1. The van der Waals surface area contributed by atoms with Crippen molar-refractivity contribution >= 4 is 33.1 Å². The molecule has 2 fully saturated rings. The Balaban J connectivity index is 1.34. The molecular weight excluding hydrogens is 434 g/mol. The third-order valence-corrected chi connectivity index (χ3v) is 8.95. The number of benzene rings is 1. The predicted octanol–water partition coefficient (Wildman–Crippen LogP) is 2.62. The molecule has 0 radical (unpaired) electrons. The number of carbonyl (C=O) groups is 2. The largest absolute Gasteiger partial charge is 0.339 e. The van der Waals surface area contributed by atoms with Gasteiger partial charge in [0.2, 0.25) is 15.9 Å². The number of thiophene rings is 1. The van der Waals surface area contributed by atoms with Gasteiger partial charge in [0.15, 0.2) is 5.78 Å². The number of carbonyl (C=O) groups excluding carboxylic acids is 2. The van der Waals surface area contributed by atoms with Crippen molar-refractivity contribution in [3.8, 4) is 0 Å². The van der Waals surface area contributed by atoms with E-state index < -0.39 is 10.0 Å². The molecule has 0 spiro atoms. The quantitative estimate of drug-likeness (QED) is 0.618. The summed E-state index contributed by atoms with van der Waals surface area (Å²) < 4.78 is 27.3. The highest BCUT2D eigenvalue weighted by atomic mass is 32.2. The second-order valence-corrected chi connectivity index (χ2v) is 10.9. The fraction of sp³-hybridized carbons (Fsp3) is 0.455. The second-order valence-electron chi connectivity index (χ2n) is 8.01. The Hall–Kier alpha value is -2.07. The lowest BCUT2D eigenvalue weighted by atomic mass is 10.2. The van der Waals surface area contributed by atoms with E-state index in [-0.39, 0.29) is 29.7 Å². The van der Waals surface area contributed by atoms with Crippen molar-refractivity contribution in [2.45, 2.75) is 30.7 Å². The minimum absolute atomic E-state index is 0.0614. The van der Waals surface area contributed by atoms with Crippen molar-refractivity contribution in [3.63, 3.8) is 0 Å². The van der Waals surface area contributed by atoms with Crippen molar-refractivity contribution in [2.75, 3.05) is 39.3 Å². The van der Waals surface area contributed by atoms with Gasteiger partial charge in [0.05, 0.1) is 11.4 Å². The number of hydrogen-bond donors (Lipinski definition) is 0. The highest BCUT2D eigenvalue weighted by Gasteiger charge is 2.33. The third-order valence-electron chi connectivity index (χ3n) is 6.06. The van der Waals surface area contributed by atoms with Crippen LogP contribution in [0.2, 0.25) is 0 Å². The van der Waals surface area contributed by atoms with E-state index in [0.717, 1.165) is 19.4 Å². The fourth-order valence-corrected chi connectivity index (χ4v) is 6.60. The van der Waals surface area contributed by atoms with Gasteiger partial charge < -0.3 is 4.90 Å². The van der Waals surface area contributed by atoms with Gasteiger partial charge >= 0.3 is 0 Å². The van der Waals surface area contributed by atoms with Crippen LogP contribution in [0.5, 0.6) is 0 Å². The number of likely N-dealkylation sites (tertiary alicyclic amines) is 1. The summed E-state index contributed by atoms with van der Waals surface area (Å²) in [5.74, 6) is -0.0401. The molecule has 2 aliphatic heterocycles. The molecule has 1 atom stereocenters. The van der Waals surface area contributed by atoms with Gasteiger partial charge in [-0.1, -0.05) is 18.2 Å². The number of hydrogen-bond acceptors (Lipinski definition) is 6. The summed E-state index contributed by atoms with van der Waals surface area (Å²) in [5.41, 5.74) is 0.483. The molecule has 9 heteroatoms. The lowest BCUT2D eigenvalue weighted by Crippen LogP contribution is -2.52. The lowest BCUT2D eigenvalue weighted by molar-refractivity contribution is -0.133. The molecule has 3 heterocycles. The Labute approximate surface area is 187 Å². The first-order chi connectivity index (χ1) is 14.9. The molecule has 1 aromatic heterocycles. The molecule has 4 rings (SSSR count). The van der Waals surface area contributed by atoms with Crippen molar-refractivity contribution < 1.29 is 18.0 Å². The first-order valence-corrected chi connectivity index (χ1v) is 12.8. The molecule has 2 aliphatic rings. The number of sulfonamides is 1. The van der Waals surface area contributed by atoms with Gasteiger partial charge in [-0.15, -0.1) is 11.3 Å². The lowest BCUT2D eigenvalue weighted by Gasteiger charge is -2.35. The summed E-state index contributed by atoms with van der Waals surface area (Å²) in [4.78, 5) is 29.8. The highest BCUT2D eigenvalue weighted by molar-refractivity contribution is 7.89. The number of ketones is 1. The van der Waals surface area contributed by atoms with E-state index in [1.54, 1.807) is 16.2 Å². The van der Waals surface area contributed by atoms with Gasteiger partial charge in [0.25, 0.3) is 0 Å². The zero-order valence-electron chi connectivity index (χ0n) is 17.6. The van der Waals surface area contributed by atoms with Crippen molar-refractivity contribution in [3.05, 3.63) is 52.2 Å². The molecule has 31 heavy (non-hydrogen) atoms. The van der Waals surface area contributed by atoms with E-state index in [2.05, 4.69) is 16.3 Å². The maximum Gasteiger partial charge on any atom is 0.243 e. The Morgan fingerprint density at radius 1 is 1.03 bits per heavy atom. The molecule has 0 unspecified atom stereocenters. The zero-order valence-corrected chi connectivity index (χ0v) is 19.2. The Morgan fingerprint density at radius 3 is 2.35 bits per heavy atom. The number of rotatable bonds is 6. The smallest absolute Gasteiger partial charge is 0.243 e. The van der Waals surface area contributed by atoms with E-state index >= 15 is 0 Å². The SMILES string of the molecule is CC(=O)c1ccc(S(=O)(=O)N2CCN(C(=O)CN3CCC[C@H]3c3cccs3)CC2)cc1. The predicted molar refractivity (Wildman–Crippen MR) is 120 cm³/mol. The topological polar surface area (TPSA) is 78.0 Å². The maximum absolute atomic E-state index is 12.9. The number of nitrogens with zero attached hydrogens (tertiary/aromatic N) is 3. The van der Waals surface area contributed by atoms with Crippen LogP contribution in [0, 0.1) is 0 Å². The third kappa shape index (κ3) is 4.74. The monoisotopic (exact) mass is 461 g/mol. The fourth-order valence-electron chi connectivity index (χ4n) is 4.28. The molecule has 166 valence electrons. The van der Waals surface area contributed by atoms with Crippen molar-refractivity contribution in [1.82, 2.24) is 14.1 Å². The number of Topliss-reactive ketones (excluding diaryl/α,β-unsaturated/α-hetero) is 1. The average molecular weight is 462 g/mol.